The highest BCUT2D eigenvalue weighted by atomic mass is 79.9. The van der Waals surface area contributed by atoms with Gasteiger partial charge in [0, 0.05) is 13.2 Å². The number of rotatable bonds is 2. The predicted octanol–water partition coefficient (Wildman–Crippen LogP) is 3.79. The van der Waals surface area contributed by atoms with E-state index >= 15 is 0 Å². The first kappa shape index (κ1) is 12.6. The molecule has 0 fully saturated rings. The van der Waals surface area contributed by atoms with Gasteiger partial charge in [-0.3, -0.25) is 0 Å². The highest BCUT2D eigenvalue weighted by Crippen LogP contribution is 2.32. The van der Waals surface area contributed by atoms with Crippen LogP contribution in [0.2, 0.25) is 0 Å². The second-order valence-electron chi connectivity index (χ2n) is 3.95. The number of aryl methyl sites for hydroxylation is 1. The molecule has 0 aliphatic rings. The van der Waals surface area contributed by atoms with Crippen LogP contribution in [0.15, 0.2) is 41.0 Å². The Morgan fingerprint density at radius 2 is 2.00 bits per heavy atom. The molecule has 2 rings (SSSR count). The molecule has 0 aliphatic carbocycles. The monoisotopic (exact) mass is 301 g/mol. The maximum absolute atomic E-state index is 9.13. The maximum atomic E-state index is 9.13. The van der Waals surface area contributed by atoms with Crippen molar-refractivity contribution >= 4 is 27.4 Å². The van der Waals surface area contributed by atoms with Crippen molar-refractivity contribution in [2.24, 2.45) is 0 Å². The molecule has 1 heterocycles. The molecular formula is C14H12BrN3. The van der Waals surface area contributed by atoms with Gasteiger partial charge >= 0.3 is 0 Å². The molecule has 0 bridgehead atoms. The Morgan fingerprint density at radius 3 is 2.72 bits per heavy atom. The SMILES string of the molecule is Cc1ccnc(N(C)c2ccccc2C#N)c1Br. The second-order valence-corrected chi connectivity index (χ2v) is 4.75. The van der Waals surface area contributed by atoms with Crippen molar-refractivity contribution in [2.75, 3.05) is 11.9 Å². The molecular weight excluding hydrogens is 290 g/mol. The van der Waals surface area contributed by atoms with Crippen molar-refractivity contribution in [2.45, 2.75) is 6.92 Å². The average Bonchev–Trinajstić information content (AvgIpc) is 2.41. The second kappa shape index (κ2) is 5.19. The first-order valence-electron chi connectivity index (χ1n) is 5.49. The van der Waals surface area contributed by atoms with Gasteiger partial charge in [-0.25, -0.2) is 4.98 Å². The average molecular weight is 302 g/mol. The number of anilines is 2. The molecule has 2 aromatic rings. The third-order valence-electron chi connectivity index (χ3n) is 2.77. The number of pyridine rings is 1. The zero-order chi connectivity index (χ0) is 13.1. The van der Waals surface area contributed by atoms with E-state index in [1.54, 1.807) is 12.3 Å². The lowest BCUT2D eigenvalue weighted by atomic mass is 10.2. The van der Waals surface area contributed by atoms with Crippen LogP contribution in [0.4, 0.5) is 11.5 Å². The number of nitriles is 1. The lowest BCUT2D eigenvalue weighted by Gasteiger charge is -2.21. The molecule has 3 nitrogen and oxygen atoms in total. The van der Waals surface area contributed by atoms with Crippen molar-refractivity contribution in [1.29, 1.82) is 5.26 Å². The van der Waals surface area contributed by atoms with Gasteiger partial charge in [0.1, 0.15) is 11.9 Å². The van der Waals surface area contributed by atoms with Crippen molar-refractivity contribution in [3.8, 4) is 6.07 Å². The first-order chi connectivity index (χ1) is 8.65. The standard InChI is InChI=1S/C14H12BrN3/c1-10-7-8-17-14(13(10)15)18(2)12-6-4-3-5-11(12)9-16/h3-8H,1-2H3. The van der Waals surface area contributed by atoms with Gasteiger partial charge < -0.3 is 4.90 Å². The topological polar surface area (TPSA) is 39.9 Å². The molecule has 0 radical (unpaired) electrons. The van der Waals surface area contributed by atoms with Crippen LogP contribution < -0.4 is 4.90 Å². The summed E-state index contributed by atoms with van der Waals surface area (Å²) in [6.45, 7) is 2.01. The summed E-state index contributed by atoms with van der Waals surface area (Å²) < 4.78 is 0.945. The molecule has 0 saturated carbocycles. The summed E-state index contributed by atoms with van der Waals surface area (Å²) in [5.41, 5.74) is 2.59. The normalized spacial score (nSPS) is 9.89. The molecule has 0 spiro atoms. The third kappa shape index (κ3) is 2.22. The van der Waals surface area contributed by atoms with E-state index in [4.69, 9.17) is 5.26 Å². The lowest BCUT2D eigenvalue weighted by molar-refractivity contribution is 1.10. The van der Waals surface area contributed by atoms with E-state index < -0.39 is 0 Å². The van der Waals surface area contributed by atoms with Crippen LogP contribution in [0.25, 0.3) is 0 Å². The van der Waals surface area contributed by atoms with E-state index in [0.717, 1.165) is 21.5 Å². The van der Waals surface area contributed by atoms with Crippen molar-refractivity contribution in [1.82, 2.24) is 4.98 Å². The summed E-state index contributed by atoms with van der Waals surface area (Å²) in [5.74, 6) is 0.803. The number of hydrogen-bond acceptors (Lipinski definition) is 3. The van der Waals surface area contributed by atoms with Gasteiger partial charge in [-0.15, -0.1) is 0 Å². The van der Waals surface area contributed by atoms with Crippen molar-refractivity contribution < 1.29 is 0 Å². The summed E-state index contributed by atoms with van der Waals surface area (Å²) in [6.07, 6.45) is 1.76. The van der Waals surface area contributed by atoms with Gasteiger partial charge in [0.05, 0.1) is 15.7 Å². The molecule has 1 aromatic carbocycles. The molecule has 0 aliphatic heterocycles. The Morgan fingerprint density at radius 1 is 1.28 bits per heavy atom. The highest BCUT2D eigenvalue weighted by Gasteiger charge is 2.13. The number of halogens is 1. The summed E-state index contributed by atoms with van der Waals surface area (Å²) in [6, 6.07) is 11.6. The predicted molar refractivity (Wildman–Crippen MR) is 75.9 cm³/mol. The summed E-state index contributed by atoms with van der Waals surface area (Å²) in [4.78, 5) is 6.27. The van der Waals surface area contributed by atoms with Gasteiger partial charge in [-0.05, 0) is 46.6 Å². The molecule has 0 saturated heterocycles. The lowest BCUT2D eigenvalue weighted by Crippen LogP contribution is -2.13. The van der Waals surface area contributed by atoms with E-state index in [-0.39, 0.29) is 0 Å². The molecule has 0 N–H and O–H groups in total. The zero-order valence-corrected chi connectivity index (χ0v) is 11.8. The smallest absolute Gasteiger partial charge is 0.147 e. The number of hydrogen-bond donors (Lipinski definition) is 0. The third-order valence-corrected chi connectivity index (χ3v) is 3.75. The first-order valence-corrected chi connectivity index (χ1v) is 6.28. The van der Waals surface area contributed by atoms with Gasteiger partial charge in [0.25, 0.3) is 0 Å². The Balaban J connectivity index is 2.52. The fourth-order valence-electron chi connectivity index (χ4n) is 1.73. The number of aromatic nitrogens is 1. The maximum Gasteiger partial charge on any atom is 0.147 e. The van der Waals surface area contributed by atoms with Crippen LogP contribution >= 0.6 is 15.9 Å². The Hall–Kier alpha value is -1.86. The highest BCUT2D eigenvalue weighted by molar-refractivity contribution is 9.10. The molecule has 1 aromatic heterocycles. The Labute approximate surface area is 115 Å². The van der Waals surface area contributed by atoms with Gasteiger partial charge in [-0.2, -0.15) is 5.26 Å². The minimum absolute atomic E-state index is 0.634. The number of nitrogens with zero attached hydrogens (tertiary/aromatic N) is 3. The largest absolute Gasteiger partial charge is 0.327 e. The van der Waals surface area contributed by atoms with Gasteiger partial charge in [0.2, 0.25) is 0 Å². The number of para-hydroxylation sites is 1. The zero-order valence-electron chi connectivity index (χ0n) is 10.2. The Kier molecular flexibility index (Phi) is 3.63. The number of benzene rings is 1. The minimum Gasteiger partial charge on any atom is -0.327 e. The molecule has 0 atom stereocenters. The van der Waals surface area contributed by atoms with E-state index in [2.05, 4.69) is 27.0 Å². The van der Waals surface area contributed by atoms with Crippen LogP contribution in [0, 0.1) is 18.3 Å². The van der Waals surface area contributed by atoms with Crippen LogP contribution in [0.1, 0.15) is 11.1 Å². The molecule has 4 heteroatoms. The van der Waals surface area contributed by atoms with E-state index in [1.807, 2.05) is 43.1 Å². The molecule has 90 valence electrons. The van der Waals surface area contributed by atoms with Crippen molar-refractivity contribution in [3.63, 3.8) is 0 Å². The van der Waals surface area contributed by atoms with E-state index in [1.165, 1.54) is 0 Å². The summed E-state index contributed by atoms with van der Waals surface area (Å²) in [7, 11) is 1.91. The van der Waals surface area contributed by atoms with E-state index in [9.17, 15) is 0 Å². The molecule has 0 unspecified atom stereocenters. The van der Waals surface area contributed by atoms with Crippen LogP contribution in [0.5, 0.6) is 0 Å². The summed E-state index contributed by atoms with van der Waals surface area (Å²) in [5, 5.41) is 9.13. The fourth-order valence-corrected chi connectivity index (χ4v) is 2.23. The van der Waals surface area contributed by atoms with Crippen molar-refractivity contribution in [3.05, 3.63) is 52.1 Å². The molecule has 0 amide bonds. The van der Waals surface area contributed by atoms with Gasteiger partial charge in [0.15, 0.2) is 0 Å². The molecule has 18 heavy (non-hydrogen) atoms. The fraction of sp³-hybridized carbons (Fsp3) is 0.143. The Bertz CT molecular complexity index is 617. The van der Waals surface area contributed by atoms with Crippen LogP contribution in [-0.4, -0.2) is 12.0 Å². The minimum atomic E-state index is 0.634. The quantitative estimate of drug-likeness (QED) is 0.847. The van der Waals surface area contributed by atoms with Crippen LogP contribution in [0.3, 0.4) is 0 Å². The van der Waals surface area contributed by atoms with Gasteiger partial charge in [-0.1, -0.05) is 12.1 Å². The van der Waals surface area contributed by atoms with E-state index in [0.29, 0.717) is 5.56 Å². The summed E-state index contributed by atoms with van der Waals surface area (Å²) >= 11 is 3.54. The van der Waals surface area contributed by atoms with Crippen LogP contribution in [-0.2, 0) is 0 Å².